The summed E-state index contributed by atoms with van der Waals surface area (Å²) in [6.45, 7) is 8.81. The van der Waals surface area contributed by atoms with Gasteiger partial charge in [-0.05, 0) is 68.0 Å². The summed E-state index contributed by atoms with van der Waals surface area (Å²) in [7, 11) is 0. The van der Waals surface area contributed by atoms with Crippen LogP contribution in [-0.2, 0) is 12.8 Å². The van der Waals surface area contributed by atoms with Gasteiger partial charge in [0, 0.05) is 49.1 Å². The van der Waals surface area contributed by atoms with Gasteiger partial charge in [0.05, 0.1) is 0 Å². The van der Waals surface area contributed by atoms with E-state index in [4.69, 9.17) is 4.99 Å². The number of nitrogens with zero attached hydrogens (tertiary/aromatic N) is 2. The molecule has 0 fully saturated rings. The fraction of sp³-hybridized carbons (Fsp3) is 0.364. The Kier molecular flexibility index (Phi) is 6.47. The lowest BCUT2D eigenvalue weighted by Gasteiger charge is -2.11. The molecule has 0 amide bonds. The second kappa shape index (κ2) is 9.21. The van der Waals surface area contributed by atoms with Crippen LogP contribution >= 0.6 is 0 Å². The maximum Gasteiger partial charge on any atom is 0.191 e. The molecule has 0 radical (unpaired) electrons. The Morgan fingerprint density at radius 2 is 1.96 bits per heavy atom. The lowest BCUT2D eigenvalue weighted by atomic mass is 10.1. The van der Waals surface area contributed by atoms with Crippen LogP contribution in [0.4, 0.5) is 0 Å². The molecule has 0 atom stereocenters. The van der Waals surface area contributed by atoms with Gasteiger partial charge in [-0.3, -0.25) is 9.98 Å². The molecule has 0 saturated heterocycles. The number of pyridine rings is 1. The Labute approximate surface area is 161 Å². The second-order valence-corrected chi connectivity index (χ2v) is 6.80. The molecule has 2 aromatic heterocycles. The summed E-state index contributed by atoms with van der Waals surface area (Å²) in [5, 5.41) is 8.13. The number of aromatic amines is 1. The lowest BCUT2D eigenvalue weighted by Crippen LogP contribution is -2.38. The van der Waals surface area contributed by atoms with E-state index in [9.17, 15) is 0 Å². The van der Waals surface area contributed by atoms with Gasteiger partial charge in [-0.15, -0.1) is 0 Å². The van der Waals surface area contributed by atoms with E-state index in [0.717, 1.165) is 38.4 Å². The third kappa shape index (κ3) is 4.88. The normalized spacial score (nSPS) is 11.7. The number of guanidine groups is 1. The van der Waals surface area contributed by atoms with Gasteiger partial charge < -0.3 is 15.6 Å². The summed E-state index contributed by atoms with van der Waals surface area (Å²) in [5.41, 5.74) is 6.40. The number of aliphatic imine (C=N–C) groups is 1. The average molecular weight is 364 g/mol. The Balaban J connectivity index is 1.57. The van der Waals surface area contributed by atoms with E-state index in [1.165, 1.54) is 33.2 Å². The summed E-state index contributed by atoms with van der Waals surface area (Å²) >= 11 is 0. The zero-order valence-corrected chi connectivity index (χ0v) is 16.5. The predicted molar refractivity (Wildman–Crippen MR) is 113 cm³/mol. The van der Waals surface area contributed by atoms with E-state index in [1.807, 2.05) is 12.4 Å². The Bertz CT molecular complexity index is 910. The monoisotopic (exact) mass is 363 g/mol. The van der Waals surface area contributed by atoms with E-state index in [-0.39, 0.29) is 0 Å². The third-order valence-electron chi connectivity index (χ3n) is 4.81. The molecule has 0 unspecified atom stereocenters. The van der Waals surface area contributed by atoms with Crippen molar-refractivity contribution in [2.24, 2.45) is 4.99 Å². The minimum absolute atomic E-state index is 0.756. The van der Waals surface area contributed by atoms with E-state index >= 15 is 0 Å². The molecule has 0 bridgehead atoms. The van der Waals surface area contributed by atoms with E-state index in [2.05, 4.69) is 71.8 Å². The standard InChI is InChI=1S/C22H29N5/c1-4-24-22(25-12-9-18-8-11-23-14-17(18)3)26-13-10-19-15-27-20-7-5-6-16(2)21(19)20/h5-8,11,14-15,27H,4,9-10,12-13H2,1-3H3,(H2,24,25,26). The maximum absolute atomic E-state index is 4.71. The summed E-state index contributed by atoms with van der Waals surface area (Å²) in [6, 6.07) is 8.47. The molecule has 3 rings (SSSR count). The number of fused-ring (bicyclic) bond motifs is 1. The topological polar surface area (TPSA) is 65.1 Å². The Hall–Kier alpha value is -2.82. The Morgan fingerprint density at radius 3 is 2.78 bits per heavy atom. The number of nitrogens with one attached hydrogen (secondary N) is 3. The number of hydrogen-bond acceptors (Lipinski definition) is 2. The van der Waals surface area contributed by atoms with Crippen molar-refractivity contribution in [2.75, 3.05) is 19.6 Å². The molecule has 3 aromatic rings. The van der Waals surface area contributed by atoms with Crippen LogP contribution in [-0.4, -0.2) is 35.6 Å². The molecule has 27 heavy (non-hydrogen) atoms. The minimum Gasteiger partial charge on any atom is -0.361 e. The highest BCUT2D eigenvalue weighted by atomic mass is 15.2. The van der Waals surface area contributed by atoms with Gasteiger partial charge in [0.25, 0.3) is 0 Å². The molecular formula is C22H29N5. The van der Waals surface area contributed by atoms with E-state index < -0.39 is 0 Å². The summed E-state index contributed by atoms with van der Waals surface area (Å²) in [5.74, 6) is 0.876. The van der Waals surface area contributed by atoms with Crippen LogP contribution in [0.5, 0.6) is 0 Å². The number of benzene rings is 1. The summed E-state index contributed by atoms with van der Waals surface area (Å²) < 4.78 is 0. The molecular weight excluding hydrogens is 334 g/mol. The first kappa shape index (κ1) is 19.0. The number of H-pyrrole nitrogens is 1. The first-order chi connectivity index (χ1) is 13.2. The molecule has 1 aromatic carbocycles. The summed E-state index contributed by atoms with van der Waals surface area (Å²) in [4.78, 5) is 12.2. The molecule has 0 aliphatic rings. The van der Waals surface area contributed by atoms with Gasteiger partial charge in [-0.1, -0.05) is 12.1 Å². The van der Waals surface area contributed by atoms with Crippen LogP contribution in [0, 0.1) is 13.8 Å². The largest absolute Gasteiger partial charge is 0.361 e. The summed E-state index contributed by atoms with van der Waals surface area (Å²) in [6.07, 6.45) is 7.76. The quantitative estimate of drug-likeness (QED) is 0.444. The highest BCUT2D eigenvalue weighted by Gasteiger charge is 2.06. The van der Waals surface area contributed by atoms with Crippen molar-refractivity contribution < 1.29 is 0 Å². The van der Waals surface area contributed by atoms with Crippen molar-refractivity contribution in [2.45, 2.75) is 33.6 Å². The van der Waals surface area contributed by atoms with Gasteiger partial charge in [0.1, 0.15) is 0 Å². The second-order valence-electron chi connectivity index (χ2n) is 6.80. The van der Waals surface area contributed by atoms with Crippen molar-refractivity contribution >= 4 is 16.9 Å². The van der Waals surface area contributed by atoms with Crippen molar-refractivity contribution in [3.8, 4) is 0 Å². The maximum atomic E-state index is 4.71. The molecule has 0 aliphatic heterocycles. The van der Waals surface area contributed by atoms with Gasteiger partial charge in [-0.2, -0.15) is 0 Å². The molecule has 0 saturated carbocycles. The van der Waals surface area contributed by atoms with Crippen LogP contribution in [0.15, 0.2) is 47.8 Å². The molecule has 5 heteroatoms. The van der Waals surface area contributed by atoms with Crippen LogP contribution in [0.25, 0.3) is 10.9 Å². The zero-order chi connectivity index (χ0) is 19.1. The Morgan fingerprint density at radius 1 is 1.07 bits per heavy atom. The average Bonchev–Trinajstić information content (AvgIpc) is 3.08. The lowest BCUT2D eigenvalue weighted by molar-refractivity contribution is 0.798. The highest BCUT2D eigenvalue weighted by Crippen LogP contribution is 2.22. The van der Waals surface area contributed by atoms with Crippen LogP contribution in [0.2, 0.25) is 0 Å². The number of aryl methyl sites for hydroxylation is 2. The smallest absolute Gasteiger partial charge is 0.191 e. The molecule has 0 spiro atoms. The van der Waals surface area contributed by atoms with Crippen LogP contribution in [0.3, 0.4) is 0 Å². The zero-order valence-electron chi connectivity index (χ0n) is 16.5. The number of hydrogen-bond donors (Lipinski definition) is 3. The molecule has 142 valence electrons. The van der Waals surface area contributed by atoms with Crippen molar-refractivity contribution in [1.82, 2.24) is 20.6 Å². The molecule has 3 N–H and O–H groups in total. The van der Waals surface area contributed by atoms with Crippen molar-refractivity contribution in [1.29, 1.82) is 0 Å². The van der Waals surface area contributed by atoms with Gasteiger partial charge in [0.2, 0.25) is 0 Å². The van der Waals surface area contributed by atoms with E-state index in [1.54, 1.807) is 0 Å². The van der Waals surface area contributed by atoms with Gasteiger partial charge in [0.15, 0.2) is 5.96 Å². The molecule has 5 nitrogen and oxygen atoms in total. The SMILES string of the molecule is CCNC(=NCCc1ccncc1C)NCCc1c[nH]c2cccc(C)c12. The first-order valence-corrected chi connectivity index (χ1v) is 9.66. The number of aromatic nitrogens is 2. The minimum atomic E-state index is 0.756. The van der Waals surface area contributed by atoms with Gasteiger partial charge >= 0.3 is 0 Å². The third-order valence-corrected chi connectivity index (χ3v) is 4.81. The molecule has 0 aliphatic carbocycles. The van der Waals surface area contributed by atoms with Crippen molar-refractivity contribution in [3.05, 3.63) is 65.1 Å². The fourth-order valence-corrected chi connectivity index (χ4v) is 3.38. The molecule has 2 heterocycles. The highest BCUT2D eigenvalue weighted by molar-refractivity contribution is 5.86. The first-order valence-electron chi connectivity index (χ1n) is 9.66. The van der Waals surface area contributed by atoms with Gasteiger partial charge in [-0.25, -0.2) is 0 Å². The van der Waals surface area contributed by atoms with Crippen molar-refractivity contribution in [3.63, 3.8) is 0 Å². The van der Waals surface area contributed by atoms with Crippen LogP contribution in [0.1, 0.15) is 29.2 Å². The predicted octanol–water partition coefficient (Wildman–Crippen LogP) is 3.52. The van der Waals surface area contributed by atoms with E-state index in [0.29, 0.717) is 0 Å². The van der Waals surface area contributed by atoms with Crippen LogP contribution < -0.4 is 10.6 Å². The fourth-order valence-electron chi connectivity index (χ4n) is 3.38. The number of rotatable bonds is 7.